The molecule has 0 fully saturated rings. The maximum absolute atomic E-state index is 12.7. The number of esters is 1. The zero-order valence-corrected chi connectivity index (χ0v) is 14.6. The van der Waals surface area contributed by atoms with Crippen molar-refractivity contribution in [3.63, 3.8) is 0 Å². The molecule has 4 heteroatoms. The van der Waals surface area contributed by atoms with E-state index in [1.807, 2.05) is 72.3 Å². The van der Waals surface area contributed by atoms with Gasteiger partial charge in [-0.1, -0.05) is 61.9 Å². The number of aromatic nitrogens is 2. The first-order valence-corrected chi connectivity index (χ1v) is 8.66. The minimum atomic E-state index is -0.313. The highest BCUT2D eigenvalue weighted by atomic mass is 16.5. The molecule has 3 aromatic rings. The number of carbonyl (C=O) groups excluding carboxylic acids is 1. The number of hydrogen-bond acceptors (Lipinski definition) is 3. The molecule has 128 valence electrons. The molecule has 2 aromatic carbocycles. The zero-order chi connectivity index (χ0) is 17.6. The molecule has 0 aliphatic rings. The molecule has 0 saturated heterocycles. The monoisotopic (exact) mass is 334 g/mol. The van der Waals surface area contributed by atoms with Crippen LogP contribution in [-0.2, 0) is 11.2 Å². The van der Waals surface area contributed by atoms with Crippen LogP contribution in [0.25, 0.3) is 16.9 Å². The standard InChI is InChI=1S/C21H22N2O2/c1-3-11-18-19(21(24)25-4-2)20(16-12-7-5-8-13-16)22-23(18)17-14-9-6-10-15-17/h5-10,12-15H,3-4,11H2,1-2H3. The topological polar surface area (TPSA) is 44.1 Å². The van der Waals surface area contributed by atoms with Crippen LogP contribution in [0.1, 0.15) is 36.3 Å². The van der Waals surface area contributed by atoms with Crippen LogP contribution in [0.3, 0.4) is 0 Å². The van der Waals surface area contributed by atoms with Crippen molar-refractivity contribution in [2.45, 2.75) is 26.7 Å². The number of ether oxygens (including phenoxy) is 1. The molecule has 0 saturated carbocycles. The fourth-order valence-corrected chi connectivity index (χ4v) is 2.92. The zero-order valence-electron chi connectivity index (χ0n) is 14.6. The molecule has 0 atom stereocenters. The summed E-state index contributed by atoms with van der Waals surface area (Å²) in [6.07, 6.45) is 1.67. The molecular weight excluding hydrogens is 312 g/mol. The molecule has 0 aliphatic carbocycles. The summed E-state index contributed by atoms with van der Waals surface area (Å²) >= 11 is 0. The van der Waals surface area contributed by atoms with Gasteiger partial charge in [-0.05, 0) is 25.5 Å². The first-order valence-electron chi connectivity index (χ1n) is 8.66. The summed E-state index contributed by atoms with van der Waals surface area (Å²) in [6.45, 7) is 4.26. The average molecular weight is 334 g/mol. The molecule has 4 nitrogen and oxygen atoms in total. The van der Waals surface area contributed by atoms with E-state index in [1.54, 1.807) is 0 Å². The van der Waals surface area contributed by atoms with Crippen molar-refractivity contribution in [3.8, 4) is 16.9 Å². The summed E-state index contributed by atoms with van der Waals surface area (Å²) < 4.78 is 7.21. The Morgan fingerprint density at radius 1 is 1.00 bits per heavy atom. The SMILES string of the molecule is CCCc1c(C(=O)OCC)c(-c2ccccc2)nn1-c1ccccc1. The first kappa shape index (κ1) is 17.0. The van der Waals surface area contributed by atoms with Crippen molar-refractivity contribution in [2.24, 2.45) is 0 Å². The van der Waals surface area contributed by atoms with Gasteiger partial charge in [-0.3, -0.25) is 0 Å². The van der Waals surface area contributed by atoms with E-state index in [0.717, 1.165) is 29.8 Å². The molecule has 0 N–H and O–H groups in total. The quantitative estimate of drug-likeness (QED) is 0.615. The Bertz CT molecular complexity index is 839. The van der Waals surface area contributed by atoms with Crippen molar-refractivity contribution in [2.75, 3.05) is 6.61 Å². The number of benzene rings is 2. The van der Waals surface area contributed by atoms with Gasteiger partial charge in [0.25, 0.3) is 0 Å². The van der Waals surface area contributed by atoms with E-state index < -0.39 is 0 Å². The Morgan fingerprint density at radius 2 is 1.64 bits per heavy atom. The van der Waals surface area contributed by atoms with Crippen LogP contribution in [0, 0.1) is 0 Å². The summed E-state index contributed by atoms with van der Waals surface area (Å²) in [5, 5.41) is 4.79. The third-order valence-corrected chi connectivity index (χ3v) is 4.00. The molecule has 0 aliphatic heterocycles. The molecule has 1 heterocycles. The van der Waals surface area contributed by atoms with E-state index in [1.165, 1.54) is 0 Å². The molecule has 0 bridgehead atoms. The van der Waals surface area contributed by atoms with Crippen LogP contribution in [0.4, 0.5) is 0 Å². The summed E-state index contributed by atoms with van der Waals surface area (Å²) in [5.74, 6) is -0.313. The predicted molar refractivity (Wildman–Crippen MR) is 99.0 cm³/mol. The molecular formula is C21H22N2O2. The molecule has 0 radical (unpaired) electrons. The smallest absolute Gasteiger partial charge is 0.342 e. The second-order valence-corrected chi connectivity index (χ2v) is 5.75. The highest BCUT2D eigenvalue weighted by Gasteiger charge is 2.25. The van der Waals surface area contributed by atoms with Gasteiger partial charge < -0.3 is 4.74 Å². The predicted octanol–water partition coefficient (Wildman–Crippen LogP) is 4.67. The Labute approximate surface area is 148 Å². The molecule has 25 heavy (non-hydrogen) atoms. The Morgan fingerprint density at radius 3 is 2.24 bits per heavy atom. The lowest BCUT2D eigenvalue weighted by Gasteiger charge is -2.08. The molecule has 0 unspecified atom stereocenters. The van der Waals surface area contributed by atoms with Gasteiger partial charge in [0.15, 0.2) is 0 Å². The summed E-state index contributed by atoms with van der Waals surface area (Å²) in [7, 11) is 0. The number of nitrogens with zero attached hydrogens (tertiary/aromatic N) is 2. The fraction of sp³-hybridized carbons (Fsp3) is 0.238. The van der Waals surface area contributed by atoms with Gasteiger partial charge in [-0.15, -0.1) is 0 Å². The van der Waals surface area contributed by atoms with E-state index in [2.05, 4.69) is 6.92 Å². The molecule has 0 spiro atoms. The van der Waals surface area contributed by atoms with Crippen LogP contribution in [0.2, 0.25) is 0 Å². The van der Waals surface area contributed by atoms with Crippen molar-refractivity contribution >= 4 is 5.97 Å². The maximum atomic E-state index is 12.7. The lowest BCUT2D eigenvalue weighted by Crippen LogP contribution is -2.10. The van der Waals surface area contributed by atoms with Gasteiger partial charge >= 0.3 is 5.97 Å². The van der Waals surface area contributed by atoms with Crippen molar-refractivity contribution in [1.29, 1.82) is 0 Å². The van der Waals surface area contributed by atoms with Gasteiger partial charge in [-0.2, -0.15) is 5.10 Å². The Balaban J connectivity index is 2.25. The largest absolute Gasteiger partial charge is 0.462 e. The molecule has 0 amide bonds. The van der Waals surface area contributed by atoms with E-state index >= 15 is 0 Å². The summed E-state index contributed by atoms with van der Waals surface area (Å²) in [6, 6.07) is 19.7. The van der Waals surface area contributed by atoms with E-state index in [0.29, 0.717) is 17.9 Å². The summed E-state index contributed by atoms with van der Waals surface area (Å²) in [5.41, 5.74) is 3.99. The average Bonchev–Trinajstić information content (AvgIpc) is 3.03. The fourth-order valence-electron chi connectivity index (χ4n) is 2.92. The normalized spacial score (nSPS) is 10.6. The number of carbonyl (C=O) groups is 1. The highest BCUT2D eigenvalue weighted by Crippen LogP contribution is 2.29. The van der Waals surface area contributed by atoms with Crippen LogP contribution in [0.5, 0.6) is 0 Å². The molecule has 3 rings (SSSR count). The second-order valence-electron chi connectivity index (χ2n) is 5.75. The van der Waals surface area contributed by atoms with Gasteiger partial charge in [-0.25, -0.2) is 9.48 Å². The second kappa shape index (κ2) is 7.79. The lowest BCUT2D eigenvalue weighted by molar-refractivity contribution is 0.0526. The summed E-state index contributed by atoms with van der Waals surface area (Å²) in [4.78, 5) is 12.7. The van der Waals surface area contributed by atoms with Gasteiger partial charge in [0.2, 0.25) is 0 Å². The van der Waals surface area contributed by atoms with Crippen LogP contribution >= 0.6 is 0 Å². The highest BCUT2D eigenvalue weighted by molar-refractivity contribution is 5.97. The van der Waals surface area contributed by atoms with Crippen LogP contribution in [0.15, 0.2) is 60.7 Å². The maximum Gasteiger partial charge on any atom is 0.342 e. The lowest BCUT2D eigenvalue weighted by atomic mass is 10.0. The van der Waals surface area contributed by atoms with Crippen molar-refractivity contribution < 1.29 is 9.53 Å². The van der Waals surface area contributed by atoms with Crippen LogP contribution < -0.4 is 0 Å². The van der Waals surface area contributed by atoms with Crippen molar-refractivity contribution in [1.82, 2.24) is 9.78 Å². The minimum absolute atomic E-state index is 0.313. The van der Waals surface area contributed by atoms with Gasteiger partial charge in [0, 0.05) is 5.56 Å². The molecule has 1 aromatic heterocycles. The first-order chi connectivity index (χ1) is 12.3. The Hall–Kier alpha value is -2.88. The van der Waals surface area contributed by atoms with E-state index in [4.69, 9.17) is 9.84 Å². The van der Waals surface area contributed by atoms with Crippen molar-refractivity contribution in [3.05, 3.63) is 71.9 Å². The van der Waals surface area contributed by atoms with Gasteiger partial charge in [0.05, 0.1) is 18.0 Å². The number of hydrogen-bond donors (Lipinski definition) is 0. The third-order valence-electron chi connectivity index (χ3n) is 4.00. The number of rotatable bonds is 6. The van der Waals surface area contributed by atoms with Crippen LogP contribution in [-0.4, -0.2) is 22.4 Å². The Kier molecular flexibility index (Phi) is 5.29. The minimum Gasteiger partial charge on any atom is -0.462 e. The number of para-hydroxylation sites is 1. The van der Waals surface area contributed by atoms with Gasteiger partial charge in [0.1, 0.15) is 11.3 Å². The van der Waals surface area contributed by atoms with E-state index in [-0.39, 0.29) is 5.97 Å². The third kappa shape index (κ3) is 3.48. The van der Waals surface area contributed by atoms with E-state index in [9.17, 15) is 4.79 Å².